The Morgan fingerprint density at radius 2 is 1.89 bits per heavy atom. The highest BCUT2D eigenvalue weighted by Gasteiger charge is 2.17. The summed E-state index contributed by atoms with van der Waals surface area (Å²) in [5, 5.41) is 0.917. The Kier molecular flexibility index (Phi) is 2.99. The lowest BCUT2D eigenvalue weighted by Crippen LogP contribution is -1.96. The fraction of sp³-hybridized carbons (Fsp3) is 0.133. The predicted molar refractivity (Wildman–Crippen MR) is 79.0 cm³/mol. The van der Waals surface area contributed by atoms with Crippen LogP contribution in [-0.2, 0) is 0 Å². The summed E-state index contributed by atoms with van der Waals surface area (Å²) in [6.45, 7) is 3.94. The molecule has 0 spiro atoms. The Balaban J connectivity index is 2.09. The van der Waals surface area contributed by atoms with Gasteiger partial charge in [0, 0.05) is 9.58 Å². The van der Waals surface area contributed by atoms with E-state index in [-0.39, 0.29) is 11.6 Å². The van der Waals surface area contributed by atoms with E-state index in [0.717, 1.165) is 25.4 Å². The molecule has 0 saturated carbocycles. The van der Waals surface area contributed by atoms with Crippen LogP contribution in [-0.4, -0.2) is 5.78 Å². The number of aryl methyl sites for hydroxylation is 2. The Bertz CT molecular complexity index is 783. The van der Waals surface area contributed by atoms with Gasteiger partial charge in [-0.2, -0.15) is 0 Å². The number of hydrogen-bond donors (Lipinski definition) is 0. The second kappa shape index (κ2) is 4.54. The van der Waals surface area contributed by atoms with Crippen molar-refractivity contribution in [1.29, 1.82) is 0 Å². The van der Waals surface area contributed by atoms with Crippen molar-refractivity contribution in [2.75, 3.05) is 0 Å². The molecule has 2 heterocycles. The van der Waals surface area contributed by atoms with Crippen molar-refractivity contribution in [2.45, 2.75) is 13.8 Å². The van der Waals surface area contributed by atoms with E-state index in [1.165, 1.54) is 34.8 Å². The molecule has 1 nitrogen and oxygen atoms in total. The molecule has 4 heteroatoms. The van der Waals surface area contributed by atoms with Crippen molar-refractivity contribution in [2.24, 2.45) is 0 Å². The zero-order valence-electron chi connectivity index (χ0n) is 10.5. The number of carbonyl (C=O) groups excluding carboxylic acids is 1. The van der Waals surface area contributed by atoms with E-state index in [2.05, 4.69) is 0 Å². The van der Waals surface area contributed by atoms with Gasteiger partial charge >= 0.3 is 0 Å². The SMILES string of the molecule is Cc1cc(C)c(C(=O)c2cc3ccc(F)cc3s2)s1. The second-order valence-corrected chi connectivity index (χ2v) is 6.83. The Labute approximate surface area is 118 Å². The van der Waals surface area contributed by atoms with E-state index in [1.807, 2.05) is 26.0 Å². The van der Waals surface area contributed by atoms with Crippen LogP contribution in [0.2, 0.25) is 0 Å². The van der Waals surface area contributed by atoms with Crippen LogP contribution in [0.25, 0.3) is 10.1 Å². The van der Waals surface area contributed by atoms with Gasteiger partial charge in [0.2, 0.25) is 5.78 Å². The van der Waals surface area contributed by atoms with Gasteiger partial charge in [-0.05, 0) is 49.1 Å². The summed E-state index contributed by atoms with van der Waals surface area (Å²) in [7, 11) is 0. The molecule has 96 valence electrons. The van der Waals surface area contributed by atoms with E-state index in [4.69, 9.17) is 0 Å². The maximum atomic E-state index is 13.2. The van der Waals surface area contributed by atoms with Gasteiger partial charge in [0.05, 0.1) is 9.75 Å². The smallest absolute Gasteiger partial charge is 0.213 e. The molecule has 0 bridgehead atoms. The van der Waals surface area contributed by atoms with Crippen LogP contribution in [0.15, 0.2) is 30.3 Å². The number of ketones is 1. The minimum absolute atomic E-state index is 0.0391. The van der Waals surface area contributed by atoms with Crippen LogP contribution < -0.4 is 0 Å². The van der Waals surface area contributed by atoms with Gasteiger partial charge in [-0.3, -0.25) is 4.79 Å². The van der Waals surface area contributed by atoms with Crippen LogP contribution >= 0.6 is 22.7 Å². The third kappa shape index (κ3) is 2.22. The summed E-state index contributed by atoms with van der Waals surface area (Å²) in [5.74, 6) is -0.228. The molecule has 0 saturated heterocycles. The highest BCUT2D eigenvalue weighted by molar-refractivity contribution is 7.22. The van der Waals surface area contributed by atoms with Crippen LogP contribution in [0.3, 0.4) is 0 Å². The zero-order chi connectivity index (χ0) is 13.6. The number of carbonyl (C=O) groups is 1. The maximum Gasteiger partial charge on any atom is 0.213 e. The minimum atomic E-state index is -0.267. The Morgan fingerprint density at radius 1 is 1.11 bits per heavy atom. The average molecular weight is 290 g/mol. The number of fused-ring (bicyclic) bond motifs is 1. The van der Waals surface area contributed by atoms with Crippen molar-refractivity contribution in [3.63, 3.8) is 0 Å². The molecular formula is C15H11FOS2. The average Bonchev–Trinajstić information content (AvgIpc) is 2.91. The lowest BCUT2D eigenvalue weighted by Gasteiger charge is -1.94. The third-order valence-electron chi connectivity index (χ3n) is 2.95. The topological polar surface area (TPSA) is 17.1 Å². The molecule has 0 amide bonds. The zero-order valence-corrected chi connectivity index (χ0v) is 12.1. The van der Waals surface area contributed by atoms with E-state index < -0.39 is 0 Å². The van der Waals surface area contributed by atoms with Crippen LogP contribution in [0.1, 0.15) is 25.0 Å². The van der Waals surface area contributed by atoms with Crippen molar-refractivity contribution >= 4 is 38.5 Å². The predicted octanol–water partition coefficient (Wildman–Crippen LogP) is 4.95. The fourth-order valence-electron chi connectivity index (χ4n) is 2.10. The summed E-state index contributed by atoms with van der Waals surface area (Å²) in [5.41, 5.74) is 1.01. The van der Waals surface area contributed by atoms with Crippen molar-refractivity contribution in [3.05, 3.63) is 56.3 Å². The number of halogens is 1. The first-order valence-electron chi connectivity index (χ1n) is 5.85. The summed E-state index contributed by atoms with van der Waals surface area (Å²) in [6, 6.07) is 8.47. The molecule has 0 atom stereocenters. The van der Waals surface area contributed by atoms with Gasteiger partial charge in [-0.1, -0.05) is 6.07 Å². The molecule has 1 aromatic carbocycles. The van der Waals surface area contributed by atoms with Crippen molar-refractivity contribution in [3.8, 4) is 0 Å². The third-order valence-corrected chi connectivity index (χ3v) is 5.20. The van der Waals surface area contributed by atoms with Crippen LogP contribution in [0.4, 0.5) is 4.39 Å². The quantitative estimate of drug-likeness (QED) is 0.610. The van der Waals surface area contributed by atoms with E-state index in [9.17, 15) is 9.18 Å². The Morgan fingerprint density at radius 3 is 2.58 bits per heavy atom. The minimum Gasteiger partial charge on any atom is -0.287 e. The standard InChI is InChI=1S/C15H11FOS2/c1-8-5-9(2)18-15(8)14(17)13-6-10-3-4-11(16)7-12(10)19-13/h3-7H,1-2H3. The monoisotopic (exact) mass is 290 g/mol. The summed E-state index contributed by atoms with van der Waals surface area (Å²) >= 11 is 2.86. The number of thiophene rings is 2. The van der Waals surface area contributed by atoms with Crippen molar-refractivity contribution < 1.29 is 9.18 Å². The van der Waals surface area contributed by atoms with Gasteiger partial charge < -0.3 is 0 Å². The number of benzene rings is 1. The molecule has 0 aliphatic heterocycles. The van der Waals surface area contributed by atoms with Gasteiger partial charge in [-0.25, -0.2) is 4.39 Å². The maximum absolute atomic E-state index is 13.2. The van der Waals surface area contributed by atoms with E-state index >= 15 is 0 Å². The number of rotatable bonds is 2. The molecule has 0 aliphatic rings. The van der Waals surface area contributed by atoms with E-state index in [1.54, 1.807) is 6.07 Å². The molecular weight excluding hydrogens is 279 g/mol. The first-order chi connectivity index (χ1) is 9.04. The highest BCUT2D eigenvalue weighted by Crippen LogP contribution is 2.31. The summed E-state index contributed by atoms with van der Waals surface area (Å²) in [6.07, 6.45) is 0. The molecule has 0 radical (unpaired) electrons. The molecule has 0 aliphatic carbocycles. The van der Waals surface area contributed by atoms with Gasteiger partial charge in [0.1, 0.15) is 5.82 Å². The molecule has 19 heavy (non-hydrogen) atoms. The lowest BCUT2D eigenvalue weighted by atomic mass is 10.1. The molecule has 0 N–H and O–H groups in total. The fourth-order valence-corrected chi connectivity index (χ4v) is 4.17. The van der Waals surface area contributed by atoms with Crippen LogP contribution in [0, 0.1) is 19.7 Å². The first kappa shape index (κ1) is 12.5. The highest BCUT2D eigenvalue weighted by atomic mass is 32.1. The van der Waals surface area contributed by atoms with Crippen LogP contribution in [0.5, 0.6) is 0 Å². The molecule has 3 aromatic rings. The summed E-state index contributed by atoms with van der Waals surface area (Å²) < 4.78 is 14.0. The molecule has 0 unspecified atom stereocenters. The normalized spacial score (nSPS) is 11.1. The van der Waals surface area contributed by atoms with Gasteiger partial charge in [0.25, 0.3) is 0 Å². The Hall–Kier alpha value is -1.52. The largest absolute Gasteiger partial charge is 0.287 e. The second-order valence-electron chi connectivity index (χ2n) is 4.49. The first-order valence-corrected chi connectivity index (χ1v) is 7.49. The summed E-state index contributed by atoms with van der Waals surface area (Å²) in [4.78, 5) is 15.0. The van der Waals surface area contributed by atoms with Gasteiger partial charge in [-0.15, -0.1) is 22.7 Å². The van der Waals surface area contributed by atoms with Gasteiger partial charge in [0.15, 0.2) is 0 Å². The van der Waals surface area contributed by atoms with E-state index in [0.29, 0.717) is 4.88 Å². The lowest BCUT2D eigenvalue weighted by molar-refractivity contribution is 0.104. The molecule has 2 aromatic heterocycles. The number of hydrogen-bond acceptors (Lipinski definition) is 3. The van der Waals surface area contributed by atoms with Crippen molar-refractivity contribution in [1.82, 2.24) is 0 Å². The molecule has 0 fully saturated rings. The molecule has 3 rings (SSSR count).